The third-order valence-corrected chi connectivity index (χ3v) is 4.00. The highest BCUT2D eigenvalue weighted by Gasteiger charge is 2.12. The van der Waals surface area contributed by atoms with E-state index >= 15 is 0 Å². The van der Waals surface area contributed by atoms with Crippen molar-refractivity contribution in [1.29, 1.82) is 0 Å². The fourth-order valence-corrected chi connectivity index (χ4v) is 2.59. The van der Waals surface area contributed by atoms with Crippen LogP contribution in [0.4, 0.5) is 21.6 Å². The number of aryl methyl sites for hydroxylation is 2. The Hall–Kier alpha value is -3.28. The van der Waals surface area contributed by atoms with E-state index in [0.29, 0.717) is 11.5 Å². The molecule has 0 aliphatic heterocycles. The van der Waals surface area contributed by atoms with Crippen molar-refractivity contribution in [2.24, 2.45) is 0 Å². The van der Waals surface area contributed by atoms with E-state index < -0.39 is 0 Å². The normalized spacial score (nSPS) is 10.4. The van der Waals surface area contributed by atoms with Crippen molar-refractivity contribution >= 4 is 23.1 Å². The van der Waals surface area contributed by atoms with Crippen LogP contribution in [-0.2, 0) is 6.42 Å². The van der Waals surface area contributed by atoms with Gasteiger partial charge in [0.2, 0.25) is 0 Å². The number of amides is 1. The van der Waals surface area contributed by atoms with Gasteiger partial charge in [-0.15, -0.1) is 0 Å². The van der Waals surface area contributed by atoms with Gasteiger partial charge in [-0.3, -0.25) is 4.79 Å². The number of aromatic nitrogens is 2. The highest BCUT2D eigenvalue weighted by Crippen LogP contribution is 2.22. The number of carbonyl (C=O) groups is 1. The number of carbonyl (C=O) groups excluding carboxylic acids is 1. The van der Waals surface area contributed by atoms with Crippen molar-refractivity contribution in [3.05, 3.63) is 77.5 Å². The zero-order valence-electron chi connectivity index (χ0n) is 14.6. The summed E-state index contributed by atoms with van der Waals surface area (Å²) in [5.74, 6) is -0.363. The van der Waals surface area contributed by atoms with E-state index in [1.807, 2.05) is 32.0 Å². The first-order valence-corrected chi connectivity index (χ1v) is 8.32. The second-order valence-electron chi connectivity index (χ2n) is 5.81. The molecule has 0 radical (unpaired) electrons. The van der Waals surface area contributed by atoms with E-state index in [9.17, 15) is 9.18 Å². The Morgan fingerprint density at radius 1 is 1.08 bits per heavy atom. The average Bonchev–Trinajstić information content (AvgIpc) is 2.65. The van der Waals surface area contributed by atoms with E-state index in [1.165, 1.54) is 18.5 Å². The molecule has 5 nitrogen and oxygen atoms in total. The molecule has 0 saturated heterocycles. The van der Waals surface area contributed by atoms with Crippen LogP contribution in [-0.4, -0.2) is 15.9 Å². The van der Waals surface area contributed by atoms with Crippen LogP contribution < -0.4 is 10.6 Å². The lowest BCUT2D eigenvalue weighted by atomic mass is 10.1. The first-order valence-electron chi connectivity index (χ1n) is 8.32. The smallest absolute Gasteiger partial charge is 0.275 e. The highest BCUT2D eigenvalue weighted by molar-refractivity contribution is 6.03. The number of para-hydroxylation sites is 2. The van der Waals surface area contributed by atoms with E-state index in [1.54, 1.807) is 18.2 Å². The van der Waals surface area contributed by atoms with Gasteiger partial charge in [0.15, 0.2) is 0 Å². The number of halogens is 1. The second kappa shape index (κ2) is 7.74. The van der Waals surface area contributed by atoms with Crippen LogP contribution in [0.15, 0.2) is 54.9 Å². The minimum absolute atomic E-state index is 0.189. The number of anilines is 3. The molecule has 0 bridgehead atoms. The predicted octanol–water partition coefficient (Wildman–Crippen LogP) is 4.48. The number of rotatable bonds is 5. The summed E-state index contributed by atoms with van der Waals surface area (Å²) in [5.41, 5.74) is 3.34. The zero-order chi connectivity index (χ0) is 18.5. The molecular formula is C20H19FN4O. The van der Waals surface area contributed by atoms with Gasteiger partial charge < -0.3 is 10.6 Å². The summed E-state index contributed by atoms with van der Waals surface area (Å²) >= 11 is 0. The second-order valence-corrected chi connectivity index (χ2v) is 5.81. The molecule has 1 heterocycles. The number of benzene rings is 2. The van der Waals surface area contributed by atoms with E-state index in [2.05, 4.69) is 20.6 Å². The van der Waals surface area contributed by atoms with Gasteiger partial charge in [-0.05, 0) is 36.6 Å². The molecule has 0 aliphatic carbocycles. The maximum Gasteiger partial charge on any atom is 0.275 e. The van der Waals surface area contributed by atoms with Crippen LogP contribution in [0.1, 0.15) is 28.5 Å². The first kappa shape index (κ1) is 17.5. The molecule has 132 valence electrons. The number of nitrogens with zero attached hydrogens (tertiary/aromatic N) is 2. The van der Waals surface area contributed by atoms with Crippen molar-refractivity contribution < 1.29 is 9.18 Å². The molecule has 26 heavy (non-hydrogen) atoms. The summed E-state index contributed by atoms with van der Waals surface area (Å²) in [4.78, 5) is 20.7. The summed E-state index contributed by atoms with van der Waals surface area (Å²) < 4.78 is 13.7. The molecule has 2 N–H and O–H groups in total. The van der Waals surface area contributed by atoms with Gasteiger partial charge in [-0.25, -0.2) is 14.4 Å². The summed E-state index contributed by atoms with van der Waals surface area (Å²) in [5, 5.41) is 5.74. The zero-order valence-corrected chi connectivity index (χ0v) is 14.6. The van der Waals surface area contributed by atoms with Crippen LogP contribution in [0.5, 0.6) is 0 Å². The van der Waals surface area contributed by atoms with Crippen molar-refractivity contribution in [3.63, 3.8) is 0 Å². The lowest BCUT2D eigenvalue weighted by molar-refractivity contribution is 0.102. The summed E-state index contributed by atoms with van der Waals surface area (Å²) in [7, 11) is 0. The summed E-state index contributed by atoms with van der Waals surface area (Å²) in [6.07, 6.45) is 3.58. The fraction of sp³-hybridized carbons (Fsp3) is 0.150. The molecule has 0 unspecified atom stereocenters. The number of hydrogen-bond donors (Lipinski definition) is 2. The molecule has 2 aromatic carbocycles. The molecule has 3 aromatic rings. The standard InChI is InChI=1S/C20H19FN4O/c1-3-14-8-6-7-13(2)19(14)25-20(26)17-11-23-18(12-22-17)24-16-10-5-4-9-15(16)21/h4-12H,3H2,1-2H3,(H,23,24)(H,25,26). The van der Waals surface area contributed by atoms with Crippen molar-refractivity contribution in [3.8, 4) is 0 Å². The molecule has 0 atom stereocenters. The molecule has 0 aliphatic rings. The summed E-state index contributed by atoms with van der Waals surface area (Å²) in [6.45, 7) is 3.98. The maximum atomic E-state index is 13.7. The lowest BCUT2D eigenvalue weighted by Crippen LogP contribution is -2.16. The topological polar surface area (TPSA) is 66.9 Å². The van der Waals surface area contributed by atoms with Gasteiger partial charge in [0.25, 0.3) is 5.91 Å². The number of hydrogen-bond acceptors (Lipinski definition) is 4. The third-order valence-electron chi connectivity index (χ3n) is 4.00. The Kier molecular flexibility index (Phi) is 5.22. The molecule has 1 amide bonds. The average molecular weight is 350 g/mol. The third kappa shape index (κ3) is 3.85. The van der Waals surface area contributed by atoms with Crippen molar-refractivity contribution in [2.75, 3.05) is 10.6 Å². The van der Waals surface area contributed by atoms with E-state index in [0.717, 1.165) is 23.2 Å². The number of nitrogens with one attached hydrogen (secondary N) is 2. The van der Waals surface area contributed by atoms with Gasteiger partial charge in [-0.2, -0.15) is 0 Å². The lowest BCUT2D eigenvalue weighted by Gasteiger charge is -2.12. The first-order chi connectivity index (χ1) is 12.6. The monoisotopic (exact) mass is 350 g/mol. The Morgan fingerprint density at radius 2 is 1.88 bits per heavy atom. The van der Waals surface area contributed by atoms with Crippen molar-refractivity contribution in [1.82, 2.24) is 9.97 Å². The van der Waals surface area contributed by atoms with Crippen LogP contribution >= 0.6 is 0 Å². The Bertz CT molecular complexity index is 925. The molecule has 3 rings (SSSR count). The Morgan fingerprint density at radius 3 is 2.58 bits per heavy atom. The van der Waals surface area contributed by atoms with Crippen LogP contribution in [0.25, 0.3) is 0 Å². The van der Waals surface area contributed by atoms with Crippen molar-refractivity contribution in [2.45, 2.75) is 20.3 Å². The molecule has 1 aromatic heterocycles. The quantitative estimate of drug-likeness (QED) is 0.712. The van der Waals surface area contributed by atoms with Gasteiger partial charge in [0.1, 0.15) is 17.3 Å². The van der Waals surface area contributed by atoms with Crippen LogP contribution in [0.2, 0.25) is 0 Å². The summed E-state index contributed by atoms with van der Waals surface area (Å²) in [6, 6.07) is 12.2. The Balaban J connectivity index is 1.75. The van der Waals surface area contributed by atoms with E-state index in [-0.39, 0.29) is 17.4 Å². The molecule has 0 spiro atoms. The highest BCUT2D eigenvalue weighted by atomic mass is 19.1. The Labute approximate surface area is 151 Å². The SMILES string of the molecule is CCc1cccc(C)c1NC(=O)c1cnc(Nc2ccccc2F)cn1. The van der Waals surface area contributed by atoms with Gasteiger partial charge in [-0.1, -0.05) is 37.3 Å². The molecule has 0 saturated carbocycles. The largest absolute Gasteiger partial charge is 0.337 e. The molecular weight excluding hydrogens is 331 g/mol. The maximum absolute atomic E-state index is 13.7. The van der Waals surface area contributed by atoms with E-state index in [4.69, 9.17) is 0 Å². The molecule has 0 fully saturated rings. The van der Waals surface area contributed by atoms with Gasteiger partial charge in [0.05, 0.1) is 18.1 Å². The predicted molar refractivity (Wildman–Crippen MR) is 100 cm³/mol. The van der Waals surface area contributed by atoms with Crippen LogP contribution in [0, 0.1) is 12.7 Å². The van der Waals surface area contributed by atoms with Gasteiger partial charge >= 0.3 is 0 Å². The minimum atomic E-state index is -0.386. The molecule has 6 heteroatoms. The van der Waals surface area contributed by atoms with Gasteiger partial charge in [0, 0.05) is 5.69 Å². The minimum Gasteiger partial charge on any atom is -0.337 e. The fourth-order valence-electron chi connectivity index (χ4n) is 2.59. The van der Waals surface area contributed by atoms with Crippen LogP contribution in [0.3, 0.4) is 0 Å².